The van der Waals surface area contributed by atoms with E-state index in [1.165, 1.54) is 6.07 Å². The van der Waals surface area contributed by atoms with Crippen molar-refractivity contribution in [2.45, 2.75) is 25.1 Å². The second kappa shape index (κ2) is 7.13. The van der Waals surface area contributed by atoms with Gasteiger partial charge in [-0.1, -0.05) is 15.9 Å². The van der Waals surface area contributed by atoms with Gasteiger partial charge in [0.2, 0.25) is 0 Å². The lowest BCUT2D eigenvalue weighted by Gasteiger charge is -2.10. The summed E-state index contributed by atoms with van der Waals surface area (Å²) in [5.74, 6) is -0.434. The van der Waals surface area contributed by atoms with E-state index >= 15 is 0 Å². The average Bonchev–Trinajstić information content (AvgIpc) is 2.31. The van der Waals surface area contributed by atoms with Gasteiger partial charge in [-0.3, -0.25) is 9.78 Å². The van der Waals surface area contributed by atoms with Gasteiger partial charge in [0.1, 0.15) is 0 Å². The average molecular weight is 387 g/mol. The maximum Gasteiger partial charge on any atom is 0.311 e. The second-order valence-electron chi connectivity index (χ2n) is 3.37. The molecule has 7 heteroatoms. The number of hydrogen-bond donors (Lipinski definition) is 0. The van der Waals surface area contributed by atoms with Crippen LogP contribution < -0.4 is 0 Å². The molecule has 0 saturated heterocycles. The van der Waals surface area contributed by atoms with Crippen molar-refractivity contribution in [3.05, 3.63) is 27.5 Å². The highest BCUT2D eigenvalue weighted by molar-refractivity contribution is 9.10. The predicted molar refractivity (Wildman–Crippen MR) is 69.9 cm³/mol. The zero-order chi connectivity index (χ0) is 13.7. The molecule has 0 aliphatic heterocycles. The number of pyridine rings is 1. The van der Waals surface area contributed by atoms with Gasteiger partial charge in [-0.05, 0) is 28.9 Å². The first-order valence-corrected chi connectivity index (χ1v) is 7.09. The van der Waals surface area contributed by atoms with Gasteiger partial charge in [0.05, 0.1) is 24.4 Å². The zero-order valence-electron chi connectivity index (χ0n) is 9.55. The molecule has 0 N–H and O–H groups in total. The van der Waals surface area contributed by atoms with Gasteiger partial charge in [0.25, 0.3) is 6.43 Å². The molecule has 0 fully saturated rings. The molecule has 0 amide bonds. The van der Waals surface area contributed by atoms with E-state index in [9.17, 15) is 13.6 Å². The van der Waals surface area contributed by atoms with Gasteiger partial charge in [-0.25, -0.2) is 8.78 Å². The lowest BCUT2D eigenvalue weighted by atomic mass is 10.1. The van der Waals surface area contributed by atoms with E-state index in [0.717, 1.165) is 0 Å². The molecule has 0 saturated carbocycles. The first kappa shape index (κ1) is 15.5. The molecule has 100 valence electrons. The zero-order valence-corrected chi connectivity index (χ0v) is 12.7. The molecule has 1 aromatic heterocycles. The summed E-state index contributed by atoms with van der Waals surface area (Å²) in [5.41, 5.74) is 0.478. The largest absolute Gasteiger partial charge is 0.466 e. The highest BCUT2D eigenvalue weighted by atomic mass is 79.9. The van der Waals surface area contributed by atoms with E-state index in [1.54, 1.807) is 6.92 Å². The normalized spacial score (nSPS) is 10.8. The third-order valence-electron chi connectivity index (χ3n) is 2.14. The molecule has 1 rings (SSSR count). The van der Waals surface area contributed by atoms with Crippen LogP contribution in [0.3, 0.4) is 0 Å². The summed E-state index contributed by atoms with van der Waals surface area (Å²) in [6.07, 6.45) is -2.64. The lowest BCUT2D eigenvalue weighted by molar-refractivity contribution is -0.142. The van der Waals surface area contributed by atoms with Gasteiger partial charge in [-0.2, -0.15) is 0 Å². The number of aromatic nitrogens is 1. The van der Waals surface area contributed by atoms with Crippen LogP contribution in [0.1, 0.15) is 30.3 Å². The molecule has 0 aliphatic rings. The molecule has 0 spiro atoms. The molecule has 0 bridgehead atoms. The molecule has 0 radical (unpaired) electrons. The lowest BCUT2D eigenvalue weighted by Crippen LogP contribution is -2.11. The first-order valence-electron chi connectivity index (χ1n) is 5.17. The molecule has 0 atom stereocenters. The second-order valence-corrected chi connectivity index (χ2v) is 4.78. The minimum Gasteiger partial charge on any atom is -0.466 e. The van der Waals surface area contributed by atoms with Crippen molar-refractivity contribution in [2.24, 2.45) is 0 Å². The van der Waals surface area contributed by atoms with Crippen LogP contribution in [0, 0.1) is 0 Å². The number of rotatable bonds is 5. The van der Waals surface area contributed by atoms with Gasteiger partial charge in [0, 0.05) is 15.4 Å². The van der Waals surface area contributed by atoms with Gasteiger partial charge < -0.3 is 4.74 Å². The highest BCUT2D eigenvalue weighted by Gasteiger charge is 2.18. The summed E-state index contributed by atoms with van der Waals surface area (Å²) >= 11 is 6.24. The van der Waals surface area contributed by atoms with Crippen molar-refractivity contribution in [3.63, 3.8) is 0 Å². The Kier molecular flexibility index (Phi) is 6.14. The number of alkyl halides is 3. The maximum atomic E-state index is 12.7. The topological polar surface area (TPSA) is 39.2 Å². The van der Waals surface area contributed by atoms with E-state index in [4.69, 9.17) is 4.74 Å². The summed E-state index contributed by atoms with van der Waals surface area (Å²) in [7, 11) is 0. The molecule has 0 aliphatic carbocycles. The van der Waals surface area contributed by atoms with Crippen LogP contribution in [0.2, 0.25) is 0 Å². The quantitative estimate of drug-likeness (QED) is 0.571. The Balaban J connectivity index is 3.04. The number of carbonyl (C=O) groups excluding carboxylic acids is 1. The van der Waals surface area contributed by atoms with E-state index < -0.39 is 12.4 Å². The molecular weight excluding hydrogens is 376 g/mol. The van der Waals surface area contributed by atoms with E-state index in [2.05, 4.69) is 36.8 Å². The van der Waals surface area contributed by atoms with Crippen LogP contribution in [0.25, 0.3) is 0 Å². The summed E-state index contributed by atoms with van der Waals surface area (Å²) in [6.45, 7) is 1.97. The maximum absolute atomic E-state index is 12.7. The van der Waals surface area contributed by atoms with Crippen LogP contribution in [-0.2, 0) is 21.3 Å². The van der Waals surface area contributed by atoms with Crippen molar-refractivity contribution in [2.75, 3.05) is 6.61 Å². The molecule has 0 aromatic carbocycles. The molecule has 0 unspecified atom stereocenters. The van der Waals surface area contributed by atoms with Crippen LogP contribution in [0.4, 0.5) is 8.78 Å². The minimum atomic E-state index is -2.60. The highest BCUT2D eigenvalue weighted by Crippen LogP contribution is 2.28. The van der Waals surface area contributed by atoms with Crippen LogP contribution in [-0.4, -0.2) is 17.6 Å². The molecular formula is C11H11Br2F2NO2. The van der Waals surface area contributed by atoms with Crippen LogP contribution in [0.5, 0.6) is 0 Å². The number of ether oxygens (including phenoxy) is 1. The predicted octanol–water partition coefficient (Wildman–Crippen LogP) is 3.78. The molecule has 1 aromatic rings. The smallest absolute Gasteiger partial charge is 0.311 e. The molecule has 18 heavy (non-hydrogen) atoms. The van der Waals surface area contributed by atoms with E-state index in [-0.39, 0.29) is 29.6 Å². The van der Waals surface area contributed by atoms with Gasteiger partial charge in [-0.15, -0.1) is 0 Å². The number of nitrogens with zero attached hydrogens (tertiary/aromatic N) is 1. The number of hydrogen-bond acceptors (Lipinski definition) is 3. The SMILES string of the molecule is CCOC(=O)Cc1nc(CBr)c(C(F)F)cc1Br. The molecule has 1 heterocycles. The van der Waals surface area contributed by atoms with Crippen LogP contribution >= 0.6 is 31.9 Å². The Bertz CT molecular complexity index is 441. The Morgan fingerprint density at radius 2 is 2.17 bits per heavy atom. The number of esters is 1. The Morgan fingerprint density at radius 3 is 2.67 bits per heavy atom. The van der Waals surface area contributed by atoms with Crippen molar-refractivity contribution >= 4 is 37.8 Å². The monoisotopic (exact) mass is 385 g/mol. The first-order chi connectivity index (χ1) is 8.49. The van der Waals surface area contributed by atoms with Crippen molar-refractivity contribution in [3.8, 4) is 0 Å². The fourth-order valence-corrected chi connectivity index (χ4v) is 2.28. The number of carbonyl (C=O) groups is 1. The Labute approximate surface area is 120 Å². The third-order valence-corrected chi connectivity index (χ3v) is 3.36. The summed E-state index contributed by atoms with van der Waals surface area (Å²) < 4.78 is 30.6. The van der Waals surface area contributed by atoms with E-state index in [0.29, 0.717) is 10.2 Å². The van der Waals surface area contributed by atoms with Crippen molar-refractivity contribution in [1.29, 1.82) is 0 Å². The standard InChI is InChI=1S/C11H11Br2F2NO2/c1-2-18-10(17)4-8-7(13)3-6(11(14)15)9(5-12)16-8/h3,11H,2,4-5H2,1H3. The fourth-order valence-electron chi connectivity index (χ4n) is 1.35. The van der Waals surface area contributed by atoms with Crippen LogP contribution in [0.15, 0.2) is 10.5 Å². The van der Waals surface area contributed by atoms with Gasteiger partial charge in [0.15, 0.2) is 0 Å². The Hall–Kier alpha value is -0.560. The van der Waals surface area contributed by atoms with Gasteiger partial charge >= 0.3 is 5.97 Å². The minimum absolute atomic E-state index is 0.0437. The van der Waals surface area contributed by atoms with Crippen molar-refractivity contribution in [1.82, 2.24) is 4.98 Å². The summed E-state index contributed by atoms with van der Waals surface area (Å²) in [5, 5.41) is 0.204. The van der Waals surface area contributed by atoms with Crippen molar-refractivity contribution < 1.29 is 18.3 Å². The summed E-state index contributed by atoms with van der Waals surface area (Å²) in [4.78, 5) is 15.4. The molecule has 3 nitrogen and oxygen atoms in total. The summed E-state index contributed by atoms with van der Waals surface area (Å²) in [6, 6.07) is 1.29. The third kappa shape index (κ3) is 3.98. The number of halogens is 4. The van der Waals surface area contributed by atoms with E-state index in [1.807, 2.05) is 0 Å². The Morgan fingerprint density at radius 1 is 1.50 bits per heavy atom. The fraction of sp³-hybridized carbons (Fsp3) is 0.455.